The van der Waals surface area contributed by atoms with E-state index in [2.05, 4.69) is 21.2 Å². The third kappa shape index (κ3) is 5.35. The van der Waals surface area contributed by atoms with Crippen LogP contribution >= 0.6 is 28.1 Å². The van der Waals surface area contributed by atoms with E-state index in [1.54, 1.807) is 36.4 Å². The molecule has 6 nitrogen and oxygen atoms in total. The summed E-state index contributed by atoms with van der Waals surface area (Å²) in [5.74, 6) is 0.0397. The molecule has 172 valence electrons. The van der Waals surface area contributed by atoms with Crippen molar-refractivity contribution in [2.45, 2.75) is 13.5 Å². The van der Waals surface area contributed by atoms with Gasteiger partial charge >= 0.3 is 0 Å². The van der Waals surface area contributed by atoms with Gasteiger partial charge in [0.05, 0.1) is 12.3 Å². The first-order chi connectivity index (χ1) is 16.5. The smallest absolute Gasteiger partial charge is 0.270 e. The van der Waals surface area contributed by atoms with E-state index in [1.165, 1.54) is 11.0 Å². The van der Waals surface area contributed by atoms with Crippen LogP contribution in [0.25, 0.3) is 6.08 Å². The maximum atomic E-state index is 13.2. The van der Waals surface area contributed by atoms with Gasteiger partial charge in [-0.1, -0.05) is 58.4 Å². The van der Waals surface area contributed by atoms with Crippen LogP contribution in [-0.2, 0) is 16.2 Å². The van der Waals surface area contributed by atoms with Crippen LogP contribution in [0.15, 0.2) is 82.8 Å². The average molecular weight is 537 g/mol. The minimum Gasteiger partial charge on any atom is -0.490 e. The maximum Gasteiger partial charge on any atom is 0.270 e. The van der Waals surface area contributed by atoms with Crippen molar-refractivity contribution in [3.63, 3.8) is 0 Å². The van der Waals surface area contributed by atoms with Gasteiger partial charge in [0.2, 0.25) is 0 Å². The predicted molar refractivity (Wildman–Crippen MR) is 139 cm³/mol. The molecular formula is C26H21BrN2O4S. The number of hydrogen-bond donors (Lipinski definition) is 1. The van der Waals surface area contributed by atoms with Crippen molar-refractivity contribution in [3.8, 4) is 11.5 Å². The lowest BCUT2D eigenvalue weighted by molar-refractivity contribution is -0.122. The van der Waals surface area contributed by atoms with E-state index in [4.69, 9.17) is 21.7 Å². The summed E-state index contributed by atoms with van der Waals surface area (Å²) >= 11 is 8.66. The number of carbonyl (C=O) groups excluding carboxylic acids is 2. The van der Waals surface area contributed by atoms with Gasteiger partial charge in [-0.05, 0) is 66.7 Å². The highest BCUT2D eigenvalue weighted by atomic mass is 79.9. The first kappa shape index (κ1) is 23.7. The topological polar surface area (TPSA) is 67.9 Å². The Balaban J connectivity index is 1.62. The number of thiocarbonyl (C=S) groups is 1. The fraction of sp³-hybridized carbons (Fsp3) is 0.115. The normalized spacial score (nSPS) is 14.8. The Kier molecular flexibility index (Phi) is 7.40. The molecule has 1 fully saturated rings. The summed E-state index contributed by atoms with van der Waals surface area (Å²) in [6.45, 7) is 2.70. The summed E-state index contributed by atoms with van der Waals surface area (Å²) < 4.78 is 12.5. The Morgan fingerprint density at radius 1 is 0.971 bits per heavy atom. The molecule has 1 saturated heterocycles. The Morgan fingerprint density at radius 2 is 1.76 bits per heavy atom. The third-order valence-corrected chi connectivity index (χ3v) is 5.76. The minimum absolute atomic E-state index is 0.0323. The highest BCUT2D eigenvalue weighted by Crippen LogP contribution is 2.31. The number of ether oxygens (including phenoxy) is 2. The number of nitrogens with one attached hydrogen (secondary N) is 1. The first-order valence-corrected chi connectivity index (χ1v) is 11.8. The van der Waals surface area contributed by atoms with E-state index < -0.39 is 11.8 Å². The fourth-order valence-corrected chi connectivity index (χ4v) is 4.08. The average Bonchev–Trinajstić information content (AvgIpc) is 2.82. The Bertz CT molecular complexity index is 1280. The second kappa shape index (κ2) is 10.6. The molecule has 1 N–H and O–H groups in total. The molecule has 0 atom stereocenters. The van der Waals surface area contributed by atoms with Gasteiger partial charge < -0.3 is 9.47 Å². The molecule has 0 bridgehead atoms. The van der Waals surface area contributed by atoms with Crippen molar-refractivity contribution in [2.24, 2.45) is 0 Å². The Labute approximate surface area is 211 Å². The van der Waals surface area contributed by atoms with Gasteiger partial charge in [0, 0.05) is 4.47 Å². The molecule has 0 aliphatic carbocycles. The molecule has 0 spiro atoms. The van der Waals surface area contributed by atoms with E-state index in [1.807, 2.05) is 43.3 Å². The van der Waals surface area contributed by atoms with Crippen LogP contribution in [0, 0.1) is 0 Å². The molecule has 0 unspecified atom stereocenters. The molecule has 34 heavy (non-hydrogen) atoms. The van der Waals surface area contributed by atoms with Crippen LogP contribution in [0.2, 0.25) is 0 Å². The molecular weight excluding hydrogens is 516 g/mol. The summed E-state index contributed by atoms with van der Waals surface area (Å²) in [5.41, 5.74) is 2.17. The SMILES string of the molecule is CCOc1cc(/C=C2\C(=O)NC(=S)N(c3cccc(Br)c3)C2=O)ccc1OCc1ccccc1. The van der Waals surface area contributed by atoms with Crippen molar-refractivity contribution in [1.82, 2.24) is 5.32 Å². The van der Waals surface area contributed by atoms with Gasteiger partial charge in [-0.15, -0.1) is 0 Å². The number of carbonyl (C=O) groups is 2. The van der Waals surface area contributed by atoms with Crippen molar-refractivity contribution in [1.29, 1.82) is 0 Å². The summed E-state index contributed by atoms with van der Waals surface area (Å²) in [6.07, 6.45) is 1.52. The van der Waals surface area contributed by atoms with Crippen molar-refractivity contribution in [3.05, 3.63) is 94.0 Å². The largest absolute Gasteiger partial charge is 0.490 e. The second-order valence-electron chi connectivity index (χ2n) is 7.35. The minimum atomic E-state index is -0.552. The van der Waals surface area contributed by atoms with Gasteiger partial charge in [0.25, 0.3) is 11.8 Å². The van der Waals surface area contributed by atoms with Crippen LogP contribution in [0.4, 0.5) is 5.69 Å². The quantitative estimate of drug-likeness (QED) is 0.253. The zero-order chi connectivity index (χ0) is 24.1. The van der Waals surface area contributed by atoms with E-state index in [9.17, 15) is 9.59 Å². The molecule has 1 aliphatic heterocycles. The van der Waals surface area contributed by atoms with Crippen LogP contribution < -0.4 is 19.7 Å². The molecule has 1 heterocycles. The highest BCUT2D eigenvalue weighted by Gasteiger charge is 2.34. The van der Waals surface area contributed by atoms with Crippen LogP contribution in [0.3, 0.4) is 0 Å². The predicted octanol–water partition coefficient (Wildman–Crippen LogP) is 5.26. The monoisotopic (exact) mass is 536 g/mol. The van der Waals surface area contributed by atoms with E-state index in [0.29, 0.717) is 36.0 Å². The van der Waals surface area contributed by atoms with Crippen molar-refractivity contribution >= 4 is 56.8 Å². The molecule has 2 amide bonds. The summed E-state index contributed by atoms with van der Waals surface area (Å²) in [4.78, 5) is 27.2. The fourth-order valence-electron chi connectivity index (χ4n) is 3.41. The van der Waals surface area contributed by atoms with Crippen molar-refractivity contribution in [2.75, 3.05) is 11.5 Å². The van der Waals surface area contributed by atoms with Gasteiger partial charge in [-0.25, -0.2) is 0 Å². The number of anilines is 1. The maximum absolute atomic E-state index is 13.2. The standard InChI is InChI=1S/C26H21BrN2O4S/c1-2-32-23-14-18(11-12-22(23)33-16-17-7-4-3-5-8-17)13-21-24(30)28-26(34)29(25(21)31)20-10-6-9-19(27)15-20/h3-15H,2,16H2,1H3,(H,28,30,34)/b21-13+. The number of rotatable bonds is 7. The lowest BCUT2D eigenvalue weighted by Gasteiger charge is -2.29. The third-order valence-electron chi connectivity index (χ3n) is 4.98. The first-order valence-electron chi connectivity index (χ1n) is 10.6. The second-order valence-corrected chi connectivity index (χ2v) is 8.65. The van der Waals surface area contributed by atoms with Crippen LogP contribution in [-0.4, -0.2) is 23.5 Å². The zero-order valence-electron chi connectivity index (χ0n) is 18.3. The number of benzene rings is 3. The molecule has 0 aromatic heterocycles. The van der Waals surface area contributed by atoms with Gasteiger partial charge in [-0.3, -0.25) is 19.8 Å². The number of halogens is 1. The van der Waals surface area contributed by atoms with E-state index >= 15 is 0 Å². The number of nitrogens with zero attached hydrogens (tertiary/aromatic N) is 1. The van der Waals surface area contributed by atoms with Gasteiger partial charge in [-0.2, -0.15) is 0 Å². The molecule has 0 radical (unpaired) electrons. The zero-order valence-corrected chi connectivity index (χ0v) is 20.7. The number of hydrogen-bond acceptors (Lipinski definition) is 5. The van der Waals surface area contributed by atoms with Crippen LogP contribution in [0.5, 0.6) is 11.5 Å². The van der Waals surface area contributed by atoms with E-state index in [0.717, 1.165) is 10.0 Å². The van der Waals surface area contributed by atoms with Gasteiger partial charge in [0.1, 0.15) is 12.2 Å². The lowest BCUT2D eigenvalue weighted by atomic mass is 10.1. The van der Waals surface area contributed by atoms with Crippen molar-refractivity contribution < 1.29 is 19.1 Å². The highest BCUT2D eigenvalue weighted by molar-refractivity contribution is 9.10. The molecule has 8 heteroatoms. The number of amides is 2. The van der Waals surface area contributed by atoms with E-state index in [-0.39, 0.29) is 10.7 Å². The molecule has 1 aliphatic rings. The summed E-state index contributed by atoms with van der Waals surface area (Å²) in [7, 11) is 0. The lowest BCUT2D eigenvalue weighted by Crippen LogP contribution is -2.54. The summed E-state index contributed by atoms with van der Waals surface area (Å²) in [5, 5.41) is 2.63. The molecule has 4 rings (SSSR count). The van der Waals surface area contributed by atoms with Crippen LogP contribution in [0.1, 0.15) is 18.1 Å². The molecule has 3 aromatic carbocycles. The van der Waals surface area contributed by atoms with Gasteiger partial charge in [0.15, 0.2) is 16.6 Å². The Hall–Kier alpha value is -3.49. The summed E-state index contributed by atoms with van der Waals surface area (Å²) in [6, 6.07) is 22.2. The Morgan fingerprint density at radius 3 is 2.50 bits per heavy atom. The molecule has 0 saturated carbocycles. The molecule has 3 aromatic rings.